The first kappa shape index (κ1) is 33.0. The highest BCUT2D eigenvalue weighted by Gasteiger charge is 2.59. The Morgan fingerprint density at radius 2 is 1.59 bits per heavy atom. The maximum Gasteiger partial charge on any atom is 0.416 e. The van der Waals surface area contributed by atoms with Crippen molar-refractivity contribution < 1.29 is 35.9 Å². The molecule has 0 aliphatic heterocycles. The van der Waals surface area contributed by atoms with Crippen LogP contribution in [0.15, 0.2) is 58.2 Å². The molecule has 0 saturated carbocycles. The Morgan fingerprint density at radius 1 is 1.00 bits per heavy atom. The third kappa shape index (κ3) is 6.79. The van der Waals surface area contributed by atoms with Crippen molar-refractivity contribution in [3.8, 4) is 0 Å². The van der Waals surface area contributed by atoms with Crippen molar-refractivity contribution >= 4 is 51.9 Å². The van der Waals surface area contributed by atoms with Gasteiger partial charge in [-0.05, 0) is 94.3 Å². The Hall–Kier alpha value is -2.48. The molecule has 2 aromatic carbocycles. The largest absolute Gasteiger partial charge is 0.416 e. The normalized spacial score (nSPS) is 19.6. The van der Waals surface area contributed by atoms with Crippen LogP contribution in [0.4, 0.5) is 32.0 Å². The minimum Gasteiger partial charge on any atom is -0.369 e. The fourth-order valence-electron chi connectivity index (χ4n) is 5.33. The lowest BCUT2D eigenvalue weighted by Crippen LogP contribution is -2.57. The van der Waals surface area contributed by atoms with E-state index in [0.29, 0.717) is 38.3 Å². The Balaban J connectivity index is 1.92. The van der Waals surface area contributed by atoms with Crippen molar-refractivity contribution in [3.05, 3.63) is 86.0 Å². The molecule has 41 heavy (non-hydrogen) atoms. The van der Waals surface area contributed by atoms with Gasteiger partial charge in [-0.3, -0.25) is 9.59 Å². The summed E-state index contributed by atoms with van der Waals surface area (Å²) in [4.78, 5) is 26.7. The standard InChI is InChI=1S/C29H29F6IN2O2S/c1-16-10-17(11-18-12-19(28(30,31)32)14-20(13-18)29(33,34)35)8-9-22(16)38-24(39)21-6-5-7-23(36)27(21,25(37)40)26(2,3)15-41-4/h5-10,12-14,21H,11,15H2,1-4H3,(H2,37,40)(H,38,39). The first-order valence-corrected chi connectivity index (χ1v) is 14.8. The van der Waals surface area contributed by atoms with Gasteiger partial charge in [-0.15, -0.1) is 0 Å². The number of carbonyl (C=O) groups is 2. The number of hydrogen-bond acceptors (Lipinski definition) is 3. The number of nitrogens with two attached hydrogens (primary N) is 1. The van der Waals surface area contributed by atoms with Gasteiger partial charge in [-0.25, -0.2) is 0 Å². The zero-order valence-electron chi connectivity index (χ0n) is 22.6. The average Bonchev–Trinajstić information content (AvgIpc) is 2.83. The van der Waals surface area contributed by atoms with Gasteiger partial charge in [0.25, 0.3) is 0 Å². The fourth-order valence-corrected chi connectivity index (χ4v) is 7.81. The summed E-state index contributed by atoms with van der Waals surface area (Å²) in [6.45, 7) is 5.43. The van der Waals surface area contributed by atoms with Crippen molar-refractivity contribution in [3.63, 3.8) is 0 Å². The van der Waals surface area contributed by atoms with E-state index in [9.17, 15) is 35.9 Å². The van der Waals surface area contributed by atoms with Crippen LogP contribution in [0.25, 0.3) is 0 Å². The van der Waals surface area contributed by atoms with E-state index in [-0.39, 0.29) is 18.1 Å². The van der Waals surface area contributed by atoms with Gasteiger partial charge in [0.05, 0.1) is 17.0 Å². The average molecular weight is 711 g/mol. The summed E-state index contributed by atoms with van der Waals surface area (Å²) in [5.41, 5.74) is 2.43. The summed E-state index contributed by atoms with van der Waals surface area (Å²) in [6.07, 6.45) is -3.08. The molecule has 0 radical (unpaired) electrons. The van der Waals surface area contributed by atoms with E-state index in [1.165, 1.54) is 23.9 Å². The number of aryl methyl sites for hydroxylation is 1. The molecule has 222 valence electrons. The number of carbonyl (C=O) groups excluding carboxylic acids is 2. The van der Waals surface area contributed by atoms with Crippen LogP contribution in [0.3, 0.4) is 0 Å². The Labute approximate surface area is 252 Å². The van der Waals surface area contributed by atoms with Crippen LogP contribution in [0.2, 0.25) is 0 Å². The number of amides is 2. The molecule has 0 heterocycles. The number of nitrogens with one attached hydrogen (secondary N) is 1. The molecular formula is C29H29F6IN2O2S. The van der Waals surface area contributed by atoms with Crippen molar-refractivity contribution in [2.24, 2.45) is 22.5 Å². The lowest BCUT2D eigenvalue weighted by atomic mass is 9.57. The van der Waals surface area contributed by atoms with E-state index in [1.807, 2.05) is 42.7 Å². The summed E-state index contributed by atoms with van der Waals surface area (Å²) >= 11 is 3.57. The minimum absolute atomic E-state index is 0.0933. The first-order chi connectivity index (χ1) is 18.8. The number of hydrogen-bond donors (Lipinski definition) is 2. The summed E-state index contributed by atoms with van der Waals surface area (Å²) in [6, 6.07) is 6.14. The number of alkyl halides is 6. The predicted octanol–water partition coefficient (Wildman–Crippen LogP) is 7.93. The number of primary amides is 1. The van der Waals surface area contributed by atoms with Crippen molar-refractivity contribution in [1.82, 2.24) is 0 Å². The first-order valence-electron chi connectivity index (χ1n) is 12.4. The molecule has 2 amide bonds. The lowest BCUT2D eigenvalue weighted by molar-refractivity contribution is -0.143. The maximum absolute atomic E-state index is 13.7. The number of allylic oxidation sites excluding steroid dienone is 2. The number of benzene rings is 2. The van der Waals surface area contributed by atoms with E-state index in [1.54, 1.807) is 31.2 Å². The van der Waals surface area contributed by atoms with Crippen LogP contribution < -0.4 is 11.1 Å². The molecule has 4 nitrogen and oxygen atoms in total. The van der Waals surface area contributed by atoms with Gasteiger partial charge in [0, 0.05) is 9.27 Å². The molecule has 2 unspecified atom stereocenters. The Morgan fingerprint density at radius 3 is 2.07 bits per heavy atom. The summed E-state index contributed by atoms with van der Waals surface area (Å²) < 4.78 is 80.2. The molecule has 2 aromatic rings. The molecule has 0 fully saturated rings. The van der Waals surface area contributed by atoms with Gasteiger partial charge >= 0.3 is 12.4 Å². The molecule has 12 heteroatoms. The van der Waals surface area contributed by atoms with Gasteiger partial charge in [0.15, 0.2) is 0 Å². The number of halogens is 7. The fraction of sp³-hybridized carbons (Fsp3) is 0.379. The molecule has 2 atom stereocenters. The number of anilines is 1. The summed E-state index contributed by atoms with van der Waals surface area (Å²) in [7, 11) is 0. The molecule has 0 aromatic heterocycles. The zero-order valence-corrected chi connectivity index (χ0v) is 25.6. The van der Waals surface area contributed by atoms with Crippen LogP contribution >= 0.6 is 34.4 Å². The van der Waals surface area contributed by atoms with E-state index in [4.69, 9.17) is 5.73 Å². The topological polar surface area (TPSA) is 72.2 Å². The van der Waals surface area contributed by atoms with Crippen LogP contribution in [0.1, 0.15) is 41.7 Å². The quantitative estimate of drug-likeness (QED) is 0.216. The van der Waals surface area contributed by atoms with E-state index >= 15 is 0 Å². The second-order valence-electron chi connectivity index (χ2n) is 10.6. The maximum atomic E-state index is 13.7. The Kier molecular flexibility index (Phi) is 9.68. The van der Waals surface area contributed by atoms with Crippen LogP contribution in [-0.4, -0.2) is 23.8 Å². The minimum atomic E-state index is -4.94. The molecule has 1 aliphatic carbocycles. The van der Waals surface area contributed by atoms with E-state index in [2.05, 4.69) is 5.32 Å². The van der Waals surface area contributed by atoms with Gasteiger partial charge in [0.2, 0.25) is 11.8 Å². The molecule has 1 aliphatic rings. The molecule has 3 rings (SSSR count). The van der Waals surface area contributed by atoms with Gasteiger partial charge in [-0.2, -0.15) is 38.1 Å². The second-order valence-corrected chi connectivity index (χ2v) is 12.6. The van der Waals surface area contributed by atoms with Crippen LogP contribution in [0, 0.1) is 23.7 Å². The van der Waals surface area contributed by atoms with E-state index < -0.39 is 52.0 Å². The highest BCUT2D eigenvalue weighted by molar-refractivity contribution is 14.1. The van der Waals surface area contributed by atoms with Crippen molar-refractivity contribution in [2.45, 2.75) is 39.5 Å². The molecule has 0 spiro atoms. The van der Waals surface area contributed by atoms with Crippen LogP contribution in [-0.2, 0) is 28.4 Å². The molecule has 0 saturated heterocycles. The third-order valence-corrected chi connectivity index (χ3v) is 9.46. The smallest absolute Gasteiger partial charge is 0.369 e. The highest BCUT2D eigenvalue weighted by Crippen LogP contribution is 2.56. The molecule has 0 bridgehead atoms. The zero-order chi connectivity index (χ0) is 31.0. The second kappa shape index (κ2) is 12.0. The van der Waals surface area contributed by atoms with E-state index in [0.717, 1.165) is 0 Å². The van der Waals surface area contributed by atoms with Crippen LogP contribution in [0.5, 0.6) is 0 Å². The summed E-state index contributed by atoms with van der Waals surface area (Å²) in [5.74, 6) is -1.48. The van der Waals surface area contributed by atoms with Crippen molar-refractivity contribution in [1.29, 1.82) is 0 Å². The van der Waals surface area contributed by atoms with Crippen molar-refractivity contribution in [2.75, 3.05) is 17.3 Å². The molecule has 3 N–H and O–H groups in total. The monoisotopic (exact) mass is 710 g/mol. The molecular weight excluding hydrogens is 681 g/mol. The Bertz CT molecular complexity index is 1370. The van der Waals surface area contributed by atoms with Gasteiger partial charge in [-0.1, -0.05) is 44.2 Å². The SMILES string of the molecule is CSCC(C)(C)C1(C(N)=O)C(I)=CC=CC1C(=O)Nc1ccc(Cc2cc(C(F)(F)F)cc(C(F)(F)F)c2)cc1C. The number of rotatable bonds is 8. The lowest BCUT2D eigenvalue weighted by Gasteiger charge is -2.48. The van der Waals surface area contributed by atoms with Gasteiger partial charge in [0.1, 0.15) is 5.41 Å². The highest BCUT2D eigenvalue weighted by atomic mass is 127. The van der Waals surface area contributed by atoms with Gasteiger partial charge < -0.3 is 11.1 Å². The number of thioether (sulfide) groups is 1. The summed E-state index contributed by atoms with van der Waals surface area (Å²) in [5, 5.41) is 2.84. The predicted molar refractivity (Wildman–Crippen MR) is 158 cm³/mol. The third-order valence-electron chi connectivity index (χ3n) is 7.24.